The Hall–Kier alpha value is -3.71. The fourth-order valence-corrected chi connectivity index (χ4v) is 3.68. The zero-order valence-corrected chi connectivity index (χ0v) is 18.8. The summed E-state index contributed by atoms with van der Waals surface area (Å²) in [6.45, 7) is 1.30. The molecule has 0 aliphatic heterocycles. The van der Waals surface area contributed by atoms with E-state index in [-0.39, 0.29) is 5.91 Å². The van der Waals surface area contributed by atoms with Gasteiger partial charge in [-0.15, -0.1) is 0 Å². The van der Waals surface area contributed by atoms with Crippen molar-refractivity contribution in [2.24, 2.45) is 7.05 Å². The van der Waals surface area contributed by atoms with Gasteiger partial charge in [-0.3, -0.25) is 4.79 Å². The number of hydrogen-bond acceptors (Lipinski definition) is 5. The number of fused-ring (bicyclic) bond motifs is 1. The highest BCUT2D eigenvalue weighted by Gasteiger charge is 2.20. The Labute approximate surface area is 187 Å². The molecule has 7 heteroatoms. The summed E-state index contributed by atoms with van der Waals surface area (Å²) >= 11 is 0. The molecule has 0 spiro atoms. The fraction of sp³-hybridized carbons (Fsp3) is 0.240. The van der Waals surface area contributed by atoms with Crippen LogP contribution in [0.15, 0.2) is 60.7 Å². The third-order valence-electron chi connectivity index (χ3n) is 5.37. The number of carbonyl (C=O) groups excluding carboxylic acids is 1. The van der Waals surface area contributed by atoms with Crippen molar-refractivity contribution in [1.82, 2.24) is 24.8 Å². The lowest BCUT2D eigenvalue weighted by Gasteiger charge is -2.13. The number of carbonyl (C=O) groups is 1. The van der Waals surface area contributed by atoms with Crippen LogP contribution in [0.3, 0.4) is 0 Å². The van der Waals surface area contributed by atoms with Crippen LogP contribution in [0.2, 0.25) is 0 Å². The summed E-state index contributed by atoms with van der Waals surface area (Å²) in [5.41, 5.74) is 4.93. The van der Waals surface area contributed by atoms with Crippen molar-refractivity contribution >= 4 is 17.1 Å². The molecule has 164 valence electrons. The topological polar surface area (TPSA) is 72.3 Å². The van der Waals surface area contributed by atoms with E-state index < -0.39 is 0 Å². The van der Waals surface area contributed by atoms with Crippen molar-refractivity contribution in [1.29, 1.82) is 0 Å². The van der Waals surface area contributed by atoms with Gasteiger partial charge in [0.15, 0.2) is 5.65 Å². The second-order valence-electron chi connectivity index (χ2n) is 7.85. The Balaban J connectivity index is 1.86. The van der Waals surface area contributed by atoms with E-state index >= 15 is 0 Å². The van der Waals surface area contributed by atoms with Crippen molar-refractivity contribution in [3.63, 3.8) is 0 Å². The predicted octanol–water partition coefficient (Wildman–Crippen LogP) is 3.60. The second kappa shape index (κ2) is 9.20. The molecule has 7 nitrogen and oxygen atoms in total. The number of aryl methyl sites for hydroxylation is 1. The van der Waals surface area contributed by atoms with Crippen LogP contribution in [0.25, 0.3) is 33.5 Å². The van der Waals surface area contributed by atoms with Crippen molar-refractivity contribution in [2.75, 3.05) is 34.3 Å². The SMILES string of the molecule is COc1ccccc1-c1cc2c(nc1-c1ccccc1)nc(C(=O)NCCN(C)C)n2C. The van der Waals surface area contributed by atoms with Gasteiger partial charge in [0.1, 0.15) is 5.75 Å². The number of rotatable bonds is 7. The number of nitrogens with one attached hydrogen (secondary N) is 1. The van der Waals surface area contributed by atoms with Gasteiger partial charge in [-0.05, 0) is 26.2 Å². The van der Waals surface area contributed by atoms with Crippen molar-refractivity contribution in [3.05, 3.63) is 66.5 Å². The van der Waals surface area contributed by atoms with E-state index in [9.17, 15) is 4.79 Å². The summed E-state index contributed by atoms with van der Waals surface area (Å²) < 4.78 is 7.41. The molecule has 0 fully saturated rings. The summed E-state index contributed by atoms with van der Waals surface area (Å²) in [5.74, 6) is 0.879. The highest BCUT2D eigenvalue weighted by molar-refractivity contribution is 5.96. The Kier molecular flexibility index (Phi) is 6.18. The molecule has 1 N–H and O–H groups in total. The minimum atomic E-state index is -0.215. The van der Waals surface area contributed by atoms with Gasteiger partial charge in [-0.1, -0.05) is 48.5 Å². The van der Waals surface area contributed by atoms with Crippen LogP contribution in [-0.2, 0) is 7.05 Å². The van der Waals surface area contributed by atoms with Crippen molar-refractivity contribution in [2.45, 2.75) is 0 Å². The summed E-state index contributed by atoms with van der Waals surface area (Å²) in [5, 5.41) is 2.93. The lowest BCUT2D eigenvalue weighted by molar-refractivity contribution is 0.0938. The highest BCUT2D eigenvalue weighted by Crippen LogP contribution is 2.37. The van der Waals surface area contributed by atoms with E-state index in [0.717, 1.165) is 40.2 Å². The number of hydrogen-bond donors (Lipinski definition) is 1. The van der Waals surface area contributed by atoms with Crippen LogP contribution < -0.4 is 10.1 Å². The first-order valence-corrected chi connectivity index (χ1v) is 10.5. The van der Waals surface area contributed by atoms with E-state index in [0.29, 0.717) is 18.0 Å². The first-order valence-electron chi connectivity index (χ1n) is 10.5. The average molecular weight is 430 g/mol. The molecule has 0 saturated carbocycles. The maximum atomic E-state index is 12.8. The number of benzene rings is 2. The Morgan fingerprint density at radius 2 is 1.75 bits per heavy atom. The minimum absolute atomic E-state index is 0.215. The molecule has 0 atom stereocenters. The molecule has 32 heavy (non-hydrogen) atoms. The van der Waals surface area contributed by atoms with E-state index in [1.807, 2.05) is 86.7 Å². The van der Waals surface area contributed by atoms with E-state index in [1.165, 1.54) is 0 Å². The molecule has 1 amide bonds. The molecule has 2 aromatic carbocycles. The smallest absolute Gasteiger partial charge is 0.287 e. The molecule has 0 radical (unpaired) electrons. The summed E-state index contributed by atoms with van der Waals surface area (Å²) in [7, 11) is 7.44. The maximum absolute atomic E-state index is 12.8. The van der Waals surface area contributed by atoms with Crippen molar-refractivity contribution < 1.29 is 9.53 Å². The van der Waals surface area contributed by atoms with Gasteiger partial charge in [-0.2, -0.15) is 0 Å². The van der Waals surface area contributed by atoms with Crippen LogP contribution in [0.5, 0.6) is 5.75 Å². The molecule has 2 heterocycles. The Morgan fingerprint density at radius 1 is 1.03 bits per heavy atom. The molecule has 2 aromatic heterocycles. The quantitative estimate of drug-likeness (QED) is 0.486. The monoisotopic (exact) mass is 429 g/mol. The number of likely N-dealkylation sites (N-methyl/N-ethyl adjacent to an activating group) is 1. The molecule has 4 rings (SSSR count). The zero-order valence-electron chi connectivity index (χ0n) is 18.8. The van der Waals surface area contributed by atoms with Gasteiger partial charge < -0.3 is 19.5 Å². The number of pyridine rings is 1. The molecular weight excluding hydrogens is 402 g/mol. The number of para-hydroxylation sites is 1. The molecular formula is C25H27N5O2. The van der Waals surface area contributed by atoms with Crippen LogP contribution in [0.1, 0.15) is 10.6 Å². The van der Waals surface area contributed by atoms with Crippen LogP contribution in [-0.4, -0.2) is 59.6 Å². The number of ether oxygens (including phenoxy) is 1. The normalized spacial score (nSPS) is 11.2. The second-order valence-corrected chi connectivity index (χ2v) is 7.85. The first-order chi connectivity index (χ1) is 15.5. The van der Waals surface area contributed by atoms with Gasteiger partial charge in [0, 0.05) is 36.8 Å². The molecule has 0 unspecified atom stereocenters. The number of amides is 1. The molecule has 0 bridgehead atoms. The third-order valence-corrected chi connectivity index (χ3v) is 5.37. The molecule has 0 aliphatic carbocycles. The van der Waals surface area contributed by atoms with E-state index in [2.05, 4.69) is 10.3 Å². The predicted molar refractivity (Wildman–Crippen MR) is 127 cm³/mol. The van der Waals surface area contributed by atoms with Crippen molar-refractivity contribution in [3.8, 4) is 28.1 Å². The van der Waals surface area contributed by atoms with Gasteiger partial charge in [0.05, 0.1) is 18.3 Å². The molecule has 4 aromatic rings. The third kappa shape index (κ3) is 4.20. The minimum Gasteiger partial charge on any atom is -0.496 e. The van der Waals surface area contributed by atoms with Gasteiger partial charge >= 0.3 is 0 Å². The lowest BCUT2D eigenvalue weighted by atomic mass is 9.98. The van der Waals surface area contributed by atoms with Crippen LogP contribution in [0, 0.1) is 0 Å². The summed E-state index contributed by atoms with van der Waals surface area (Å²) in [6.07, 6.45) is 0. The number of nitrogens with zero attached hydrogens (tertiary/aromatic N) is 4. The van der Waals surface area contributed by atoms with E-state index in [1.54, 1.807) is 11.7 Å². The lowest BCUT2D eigenvalue weighted by Crippen LogP contribution is -2.32. The van der Waals surface area contributed by atoms with E-state index in [4.69, 9.17) is 9.72 Å². The number of methoxy groups -OCH3 is 1. The Bertz CT molecular complexity index is 1250. The molecule has 0 saturated heterocycles. The Morgan fingerprint density at radius 3 is 2.47 bits per heavy atom. The van der Waals surface area contributed by atoms with Crippen LogP contribution >= 0.6 is 0 Å². The summed E-state index contributed by atoms with van der Waals surface area (Å²) in [6, 6.07) is 19.9. The number of aromatic nitrogens is 3. The molecule has 0 aliphatic rings. The van der Waals surface area contributed by atoms with Gasteiger partial charge in [0.2, 0.25) is 5.82 Å². The van der Waals surface area contributed by atoms with Gasteiger partial charge in [-0.25, -0.2) is 9.97 Å². The van der Waals surface area contributed by atoms with Crippen LogP contribution in [0.4, 0.5) is 0 Å². The zero-order chi connectivity index (χ0) is 22.7. The summed E-state index contributed by atoms with van der Waals surface area (Å²) in [4.78, 5) is 24.2. The fourth-order valence-electron chi connectivity index (χ4n) is 3.68. The largest absolute Gasteiger partial charge is 0.496 e. The maximum Gasteiger partial charge on any atom is 0.287 e. The highest BCUT2D eigenvalue weighted by atomic mass is 16.5. The average Bonchev–Trinajstić information content (AvgIpc) is 3.14. The standard InChI is InChI=1S/C25H27N5O2/c1-29(2)15-14-26-25(31)24-28-23-20(30(24)3)16-19(18-12-8-9-13-21(18)32-4)22(27-23)17-10-6-5-7-11-17/h5-13,16H,14-15H2,1-4H3,(H,26,31). The first kappa shape index (κ1) is 21.5. The number of imidazole rings is 1. The van der Waals surface area contributed by atoms with Gasteiger partial charge in [0.25, 0.3) is 5.91 Å².